The Hall–Kier alpha value is -0.790. The summed E-state index contributed by atoms with van der Waals surface area (Å²) < 4.78 is 5.40. The van der Waals surface area contributed by atoms with Gasteiger partial charge in [-0.05, 0) is 39.5 Å². The van der Waals surface area contributed by atoms with Crippen LogP contribution < -0.4 is 0 Å². The van der Waals surface area contributed by atoms with E-state index in [1.165, 1.54) is 19.3 Å². The molecule has 1 saturated carbocycles. The van der Waals surface area contributed by atoms with Crippen LogP contribution in [0.3, 0.4) is 0 Å². The Morgan fingerprint density at radius 3 is 2.07 bits per heavy atom. The Balaban J connectivity index is 0.000000921. The zero-order chi connectivity index (χ0) is 11.9. The maximum atomic E-state index is 11.3. The van der Waals surface area contributed by atoms with Crippen molar-refractivity contribution in [3.8, 4) is 0 Å². The molecule has 1 aliphatic carbocycles. The Labute approximate surface area is 93.7 Å². The second-order valence-corrected chi connectivity index (χ2v) is 4.18. The van der Waals surface area contributed by atoms with E-state index in [4.69, 9.17) is 4.74 Å². The van der Waals surface area contributed by atoms with Crippen LogP contribution in [0.5, 0.6) is 0 Å². The molecule has 0 aliphatic heterocycles. The van der Waals surface area contributed by atoms with Crippen LogP contribution in [0, 0.1) is 0 Å². The van der Waals surface area contributed by atoms with Crippen molar-refractivity contribution >= 4 is 5.97 Å². The van der Waals surface area contributed by atoms with E-state index in [2.05, 4.69) is 6.58 Å². The highest BCUT2D eigenvalue weighted by Crippen LogP contribution is 2.31. The molecule has 0 aromatic carbocycles. The average Bonchev–Trinajstić information content (AvgIpc) is 2.21. The molecule has 0 spiro atoms. The summed E-state index contributed by atoms with van der Waals surface area (Å²) in [6, 6.07) is 0. The molecule has 0 heterocycles. The summed E-state index contributed by atoms with van der Waals surface area (Å²) in [4.78, 5) is 11.3. The predicted octanol–water partition coefficient (Wildman–Crippen LogP) is 3.85. The van der Waals surface area contributed by atoms with Gasteiger partial charge in [-0.15, -0.1) is 0 Å². The summed E-state index contributed by atoms with van der Waals surface area (Å²) in [6.45, 7) is 11.3. The van der Waals surface area contributed by atoms with E-state index in [0.29, 0.717) is 5.57 Å². The fraction of sp³-hybridized carbons (Fsp3) is 0.769. The molecular weight excluding hydrogens is 188 g/mol. The zero-order valence-corrected chi connectivity index (χ0v) is 10.6. The number of esters is 1. The summed E-state index contributed by atoms with van der Waals surface area (Å²) in [5, 5.41) is 0. The van der Waals surface area contributed by atoms with E-state index in [1.54, 1.807) is 6.92 Å². The van der Waals surface area contributed by atoms with Gasteiger partial charge in [0, 0.05) is 5.57 Å². The molecule has 0 saturated heterocycles. The van der Waals surface area contributed by atoms with Crippen molar-refractivity contribution in [2.75, 3.05) is 0 Å². The first-order chi connectivity index (χ1) is 7.03. The van der Waals surface area contributed by atoms with Gasteiger partial charge in [-0.2, -0.15) is 0 Å². The lowest BCUT2D eigenvalue weighted by Crippen LogP contribution is -2.34. The molecule has 1 fully saturated rings. The van der Waals surface area contributed by atoms with Crippen molar-refractivity contribution in [1.82, 2.24) is 0 Å². The molecule has 0 bridgehead atoms. The Morgan fingerprint density at radius 2 is 1.67 bits per heavy atom. The summed E-state index contributed by atoms with van der Waals surface area (Å²) in [6.07, 6.45) is 5.58. The van der Waals surface area contributed by atoms with Gasteiger partial charge in [0.15, 0.2) is 0 Å². The summed E-state index contributed by atoms with van der Waals surface area (Å²) in [7, 11) is 0. The van der Waals surface area contributed by atoms with Crippen molar-refractivity contribution in [3.63, 3.8) is 0 Å². The highest BCUT2D eigenvalue weighted by atomic mass is 16.6. The first-order valence-corrected chi connectivity index (χ1v) is 5.92. The Bertz CT molecular complexity index is 213. The van der Waals surface area contributed by atoms with E-state index in [-0.39, 0.29) is 11.6 Å². The van der Waals surface area contributed by atoms with Crippen LogP contribution in [0.15, 0.2) is 12.2 Å². The number of carbonyl (C=O) groups excluding carboxylic acids is 1. The van der Waals surface area contributed by atoms with Gasteiger partial charge in [0.25, 0.3) is 0 Å². The largest absolute Gasteiger partial charge is 0.456 e. The molecule has 2 nitrogen and oxygen atoms in total. The third-order valence-corrected chi connectivity index (χ3v) is 2.60. The molecule has 0 N–H and O–H groups in total. The summed E-state index contributed by atoms with van der Waals surface area (Å²) in [5.41, 5.74) is 0.265. The van der Waals surface area contributed by atoms with Crippen LogP contribution in [0.1, 0.15) is 59.8 Å². The van der Waals surface area contributed by atoms with E-state index in [9.17, 15) is 4.79 Å². The lowest BCUT2D eigenvalue weighted by atomic mass is 9.86. The molecule has 0 unspecified atom stereocenters. The fourth-order valence-corrected chi connectivity index (χ4v) is 1.71. The first-order valence-electron chi connectivity index (χ1n) is 5.92. The minimum atomic E-state index is -0.246. The average molecular weight is 212 g/mol. The maximum absolute atomic E-state index is 11.3. The monoisotopic (exact) mass is 212 g/mol. The van der Waals surface area contributed by atoms with Crippen LogP contribution in [0.25, 0.3) is 0 Å². The molecule has 15 heavy (non-hydrogen) atoms. The standard InChI is InChI=1S/C11H18O2.C2H6/c1-9(2)10(12)13-11(3)7-5-4-6-8-11;1-2/h1,4-8H2,2-3H3;1-2H3. The lowest BCUT2D eigenvalue weighted by Gasteiger charge is -2.33. The van der Waals surface area contributed by atoms with Gasteiger partial charge < -0.3 is 4.74 Å². The Kier molecular flexibility index (Phi) is 6.30. The minimum absolute atomic E-state index is 0.228. The number of hydrogen-bond donors (Lipinski definition) is 0. The van der Waals surface area contributed by atoms with Gasteiger partial charge in [0.05, 0.1) is 0 Å². The van der Waals surface area contributed by atoms with Crippen LogP contribution in [-0.4, -0.2) is 11.6 Å². The summed E-state index contributed by atoms with van der Waals surface area (Å²) >= 11 is 0. The SMILES string of the molecule is C=C(C)C(=O)OC1(C)CCCCC1.CC. The second kappa shape index (κ2) is 6.65. The third-order valence-electron chi connectivity index (χ3n) is 2.60. The van der Waals surface area contributed by atoms with Crippen LogP contribution >= 0.6 is 0 Å². The van der Waals surface area contributed by atoms with Gasteiger partial charge >= 0.3 is 5.97 Å². The van der Waals surface area contributed by atoms with Crippen molar-refractivity contribution in [2.24, 2.45) is 0 Å². The molecule has 0 atom stereocenters. The molecule has 2 heteroatoms. The molecule has 1 aliphatic rings. The molecular formula is C13H24O2. The summed E-state index contributed by atoms with van der Waals surface area (Å²) in [5.74, 6) is -0.246. The number of hydrogen-bond acceptors (Lipinski definition) is 2. The lowest BCUT2D eigenvalue weighted by molar-refractivity contribution is -0.156. The van der Waals surface area contributed by atoms with Crippen LogP contribution in [0.2, 0.25) is 0 Å². The van der Waals surface area contributed by atoms with Gasteiger partial charge in [0.2, 0.25) is 0 Å². The fourth-order valence-electron chi connectivity index (χ4n) is 1.71. The van der Waals surface area contributed by atoms with Crippen molar-refractivity contribution in [2.45, 2.75) is 65.4 Å². The van der Waals surface area contributed by atoms with Crippen molar-refractivity contribution in [3.05, 3.63) is 12.2 Å². The Morgan fingerprint density at radius 1 is 1.20 bits per heavy atom. The zero-order valence-electron chi connectivity index (χ0n) is 10.6. The smallest absolute Gasteiger partial charge is 0.333 e. The van der Waals surface area contributed by atoms with E-state index in [0.717, 1.165) is 12.8 Å². The quantitative estimate of drug-likeness (QED) is 0.513. The maximum Gasteiger partial charge on any atom is 0.333 e. The van der Waals surface area contributed by atoms with E-state index < -0.39 is 0 Å². The van der Waals surface area contributed by atoms with Crippen molar-refractivity contribution < 1.29 is 9.53 Å². The van der Waals surface area contributed by atoms with Gasteiger partial charge in [-0.25, -0.2) is 4.79 Å². The van der Waals surface area contributed by atoms with Gasteiger partial charge in [-0.3, -0.25) is 0 Å². The highest BCUT2D eigenvalue weighted by Gasteiger charge is 2.30. The molecule has 0 aromatic rings. The van der Waals surface area contributed by atoms with E-state index >= 15 is 0 Å². The molecule has 0 amide bonds. The first kappa shape index (κ1) is 14.2. The van der Waals surface area contributed by atoms with E-state index in [1.807, 2.05) is 20.8 Å². The van der Waals surface area contributed by atoms with Crippen LogP contribution in [0.4, 0.5) is 0 Å². The topological polar surface area (TPSA) is 26.3 Å². The number of ether oxygens (including phenoxy) is 1. The van der Waals surface area contributed by atoms with Gasteiger partial charge in [-0.1, -0.05) is 26.8 Å². The third kappa shape index (κ3) is 5.01. The minimum Gasteiger partial charge on any atom is -0.456 e. The van der Waals surface area contributed by atoms with Gasteiger partial charge in [0.1, 0.15) is 5.60 Å². The normalized spacial score (nSPS) is 18.4. The van der Waals surface area contributed by atoms with Crippen molar-refractivity contribution in [1.29, 1.82) is 0 Å². The molecule has 0 aromatic heterocycles. The molecule has 0 radical (unpaired) electrons. The van der Waals surface area contributed by atoms with Crippen LogP contribution in [-0.2, 0) is 9.53 Å². The number of carbonyl (C=O) groups is 1. The second-order valence-electron chi connectivity index (χ2n) is 4.18. The number of rotatable bonds is 2. The molecule has 88 valence electrons. The predicted molar refractivity (Wildman–Crippen MR) is 63.7 cm³/mol. The molecule has 1 rings (SSSR count). The highest BCUT2D eigenvalue weighted by molar-refractivity contribution is 5.87.